The van der Waals surface area contributed by atoms with E-state index < -0.39 is 0 Å². The Kier molecular flexibility index (Phi) is 4.97. The summed E-state index contributed by atoms with van der Waals surface area (Å²) in [6.45, 7) is 2.51. The molecule has 0 saturated heterocycles. The maximum Gasteiger partial charge on any atom is 0.228 e. The summed E-state index contributed by atoms with van der Waals surface area (Å²) in [6.07, 6.45) is 6.53. The van der Waals surface area contributed by atoms with Crippen molar-refractivity contribution in [2.45, 2.75) is 45.4 Å². The molecule has 1 unspecified atom stereocenters. The van der Waals surface area contributed by atoms with Crippen molar-refractivity contribution in [1.82, 2.24) is 0 Å². The second-order valence-corrected chi connectivity index (χ2v) is 5.36. The highest BCUT2D eigenvalue weighted by Gasteiger charge is 2.19. The minimum absolute atomic E-state index is 0.0653. The van der Waals surface area contributed by atoms with Crippen LogP contribution in [-0.4, -0.2) is 12.5 Å². The maximum absolute atomic E-state index is 12.2. The minimum atomic E-state index is -0.0653. The van der Waals surface area contributed by atoms with Crippen molar-refractivity contribution >= 4 is 11.6 Å². The van der Waals surface area contributed by atoms with Gasteiger partial charge in [0.05, 0.1) is 5.92 Å². The number of hydrogen-bond acceptors (Lipinski definition) is 2. The monoisotopic (exact) mass is 260 g/mol. The number of carbonyl (C=O) groups is 1. The van der Waals surface area contributed by atoms with Crippen molar-refractivity contribution in [3.63, 3.8) is 0 Å². The van der Waals surface area contributed by atoms with Crippen molar-refractivity contribution in [2.24, 2.45) is 11.7 Å². The van der Waals surface area contributed by atoms with E-state index in [0.29, 0.717) is 6.54 Å². The quantitative estimate of drug-likeness (QED) is 0.855. The lowest BCUT2D eigenvalue weighted by Crippen LogP contribution is -2.29. The van der Waals surface area contributed by atoms with E-state index in [0.717, 1.165) is 31.4 Å². The number of benzene rings is 1. The molecule has 3 nitrogen and oxygen atoms in total. The van der Waals surface area contributed by atoms with Gasteiger partial charge in [0.1, 0.15) is 0 Å². The van der Waals surface area contributed by atoms with E-state index in [1.54, 1.807) is 0 Å². The van der Waals surface area contributed by atoms with E-state index in [4.69, 9.17) is 5.73 Å². The van der Waals surface area contributed by atoms with E-state index in [1.807, 2.05) is 12.1 Å². The number of aryl methyl sites for hydroxylation is 1. The molecule has 104 valence electrons. The van der Waals surface area contributed by atoms with Crippen molar-refractivity contribution < 1.29 is 4.79 Å². The molecule has 0 fully saturated rings. The lowest BCUT2D eigenvalue weighted by molar-refractivity contribution is -0.119. The standard InChI is InChI=1S/C16H24N2O/c1-2-6-13(11-17)16(19)18-15-10-5-8-12-7-3-4-9-14(12)15/h5,8,10,13H,2-4,6-7,9,11,17H2,1H3,(H,18,19). The van der Waals surface area contributed by atoms with Crippen LogP contribution >= 0.6 is 0 Å². The molecule has 0 heterocycles. The molecular formula is C16H24N2O. The van der Waals surface area contributed by atoms with Gasteiger partial charge in [-0.25, -0.2) is 0 Å². The highest BCUT2D eigenvalue weighted by molar-refractivity contribution is 5.93. The predicted molar refractivity (Wildman–Crippen MR) is 79.2 cm³/mol. The number of nitrogens with two attached hydrogens (primary N) is 1. The summed E-state index contributed by atoms with van der Waals surface area (Å²) in [5, 5.41) is 3.09. The van der Waals surface area contributed by atoms with Gasteiger partial charge >= 0.3 is 0 Å². The fraction of sp³-hybridized carbons (Fsp3) is 0.562. The van der Waals surface area contributed by atoms with Gasteiger partial charge in [-0.05, 0) is 49.3 Å². The van der Waals surface area contributed by atoms with Crippen LogP contribution in [0.1, 0.15) is 43.7 Å². The van der Waals surface area contributed by atoms with E-state index in [2.05, 4.69) is 18.3 Å². The summed E-state index contributed by atoms with van der Waals surface area (Å²) in [4.78, 5) is 12.2. The maximum atomic E-state index is 12.2. The van der Waals surface area contributed by atoms with Crippen LogP contribution in [0.5, 0.6) is 0 Å². The third-order valence-electron chi connectivity index (χ3n) is 3.95. The van der Waals surface area contributed by atoms with E-state index in [1.165, 1.54) is 24.0 Å². The Balaban J connectivity index is 2.12. The van der Waals surface area contributed by atoms with Crippen molar-refractivity contribution in [3.8, 4) is 0 Å². The van der Waals surface area contributed by atoms with Gasteiger partial charge < -0.3 is 11.1 Å². The Bertz CT molecular complexity index is 442. The average molecular weight is 260 g/mol. The van der Waals surface area contributed by atoms with Gasteiger partial charge in [-0.3, -0.25) is 4.79 Å². The summed E-state index contributed by atoms with van der Waals surface area (Å²) in [5.74, 6) is 0.00719. The summed E-state index contributed by atoms with van der Waals surface area (Å²) in [7, 11) is 0. The molecule has 1 atom stereocenters. The first kappa shape index (κ1) is 14.1. The molecular weight excluding hydrogens is 236 g/mol. The number of rotatable bonds is 5. The van der Waals surface area contributed by atoms with Crippen LogP contribution in [0.15, 0.2) is 18.2 Å². The van der Waals surface area contributed by atoms with Gasteiger partial charge in [-0.2, -0.15) is 0 Å². The number of carbonyl (C=O) groups excluding carboxylic acids is 1. The molecule has 0 bridgehead atoms. The first-order valence-electron chi connectivity index (χ1n) is 7.38. The molecule has 0 spiro atoms. The predicted octanol–water partition coefficient (Wildman–Crippen LogP) is 2.88. The lowest BCUT2D eigenvalue weighted by atomic mass is 9.90. The Morgan fingerprint density at radius 1 is 1.37 bits per heavy atom. The summed E-state index contributed by atoms with van der Waals surface area (Å²) in [5.41, 5.74) is 9.41. The third kappa shape index (κ3) is 3.35. The zero-order valence-electron chi connectivity index (χ0n) is 11.7. The minimum Gasteiger partial charge on any atom is -0.330 e. The number of nitrogens with one attached hydrogen (secondary N) is 1. The van der Waals surface area contributed by atoms with Crippen LogP contribution in [0.25, 0.3) is 0 Å². The van der Waals surface area contributed by atoms with Gasteiger partial charge in [0, 0.05) is 12.2 Å². The molecule has 2 rings (SSSR count). The normalized spacial score (nSPS) is 15.7. The molecule has 19 heavy (non-hydrogen) atoms. The molecule has 1 aromatic rings. The number of anilines is 1. The molecule has 0 aromatic heterocycles. The van der Waals surface area contributed by atoms with Gasteiger partial charge in [0.25, 0.3) is 0 Å². The van der Waals surface area contributed by atoms with E-state index in [-0.39, 0.29) is 11.8 Å². The van der Waals surface area contributed by atoms with Gasteiger partial charge in [-0.1, -0.05) is 25.5 Å². The van der Waals surface area contributed by atoms with Crippen molar-refractivity contribution in [2.75, 3.05) is 11.9 Å². The summed E-state index contributed by atoms with van der Waals surface area (Å²) >= 11 is 0. The number of hydrogen-bond donors (Lipinski definition) is 2. The van der Waals surface area contributed by atoms with E-state index in [9.17, 15) is 4.79 Å². The molecule has 1 aromatic carbocycles. The van der Waals surface area contributed by atoms with Crippen molar-refractivity contribution in [1.29, 1.82) is 0 Å². The zero-order chi connectivity index (χ0) is 13.7. The Labute approximate surface area is 115 Å². The van der Waals surface area contributed by atoms with E-state index >= 15 is 0 Å². The summed E-state index contributed by atoms with van der Waals surface area (Å²) in [6, 6.07) is 6.23. The van der Waals surface area contributed by atoms with Crippen molar-refractivity contribution in [3.05, 3.63) is 29.3 Å². The number of fused-ring (bicyclic) bond motifs is 1. The topological polar surface area (TPSA) is 55.1 Å². The van der Waals surface area contributed by atoms with Crippen LogP contribution in [0, 0.1) is 5.92 Å². The molecule has 1 amide bonds. The van der Waals surface area contributed by atoms with Crippen LogP contribution in [0.2, 0.25) is 0 Å². The summed E-state index contributed by atoms with van der Waals surface area (Å²) < 4.78 is 0. The molecule has 0 saturated carbocycles. The second kappa shape index (κ2) is 6.71. The fourth-order valence-electron chi connectivity index (χ4n) is 2.84. The van der Waals surface area contributed by atoms with Crippen LogP contribution < -0.4 is 11.1 Å². The first-order valence-corrected chi connectivity index (χ1v) is 7.38. The Morgan fingerprint density at radius 2 is 2.16 bits per heavy atom. The third-order valence-corrected chi connectivity index (χ3v) is 3.95. The van der Waals surface area contributed by atoms with Gasteiger partial charge in [0.15, 0.2) is 0 Å². The SMILES string of the molecule is CCCC(CN)C(=O)Nc1cccc2c1CCCC2. The van der Waals surface area contributed by atoms with Crippen LogP contribution in [0.3, 0.4) is 0 Å². The largest absolute Gasteiger partial charge is 0.330 e. The molecule has 0 aliphatic heterocycles. The Hall–Kier alpha value is -1.35. The van der Waals surface area contributed by atoms with Crippen LogP contribution in [-0.2, 0) is 17.6 Å². The molecule has 0 radical (unpaired) electrons. The average Bonchev–Trinajstić information content (AvgIpc) is 2.45. The fourth-order valence-corrected chi connectivity index (χ4v) is 2.84. The van der Waals surface area contributed by atoms with Gasteiger partial charge in [-0.15, -0.1) is 0 Å². The van der Waals surface area contributed by atoms with Gasteiger partial charge in [0.2, 0.25) is 5.91 Å². The lowest BCUT2D eigenvalue weighted by Gasteiger charge is -2.21. The molecule has 3 heteroatoms. The smallest absolute Gasteiger partial charge is 0.228 e. The van der Waals surface area contributed by atoms with Crippen LogP contribution in [0.4, 0.5) is 5.69 Å². The highest BCUT2D eigenvalue weighted by Crippen LogP contribution is 2.28. The Morgan fingerprint density at radius 3 is 2.89 bits per heavy atom. The second-order valence-electron chi connectivity index (χ2n) is 5.36. The highest BCUT2D eigenvalue weighted by atomic mass is 16.1. The molecule has 1 aliphatic rings. The molecule has 3 N–H and O–H groups in total. The first-order chi connectivity index (χ1) is 9.26. The molecule has 1 aliphatic carbocycles. The number of amides is 1. The zero-order valence-corrected chi connectivity index (χ0v) is 11.7.